The highest BCUT2D eigenvalue weighted by atomic mass is 35.5. The first-order chi connectivity index (χ1) is 16.4. The molecule has 0 bridgehead atoms. The van der Waals surface area contributed by atoms with Gasteiger partial charge in [-0.3, -0.25) is 9.52 Å². The summed E-state index contributed by atoms with van der Waals surface area (Å²) in [5.74, 6) is 0.152. The molecule has 0 saturated heterocycles. The van der Waals surface area contributed by atoms with Crippen LogP contribution < -0.4 is 9.62 Å². The number of carbonyl (C=O) groups is 1. The molecular weight excluding hydrogens is 494 g/mol. The standard InChI is InChI=1S/C24H20ClN3O4S2/c25-17-7-9-18(10-8-17)27-34(30,31)19-11-12-22-20(14-19)26-24(32-22)33-15-23(29)28-13-3-5-16-4-1-2-6-21(16)28/h1-2,4,6-12,14,27H,3,5,13,15H2. The minimum atomic E-state index is -3.82. The van der Waals surface area contributed by atoms with E-state index in [1.54, 1.807) is 30.3 Å². The van der Waals surface area contributed by atoms with Crippen molar-refractivity contribution in [2.75, 3.05) is 21.9 Å². The van der Waals surface area contributed by atoms with Gasteiger partial charge in [0.05, 0.1) is 10.6 Å². The summed E-state index contributed by atoms with van der Waals surface area (Å²) in [4.78, 5) is 19.1. The second-order valence-corrected chi connectivity index (χ2v) is 10.8. The lowest BCUT2D eigenvalue weighted by atomic mass is 10.0. The van der Waals surface area contributed by atoms with Crippen LogP contribution in [-0.4, -0.2) is 31.6 Å². The summed E-state index contributed by atoms with van der Waals surface area (Å²) in [6, 6.07) is 18.8. The number of halogens is 1. The maximum absolute atomic E-state index is 12.9. The zero-order valence-electron chi connectivity index (χ0n) is 17.9. The van der Waals surface area contributed by atoms with Crippen molar-refractivity contribution in [2.24, 2.45) is 0 Å². The van der Waals surface area contributed by atoms with Gasteiger partial charge in [0.25, 0.3) is 15.2 Å². The molecule has 0 atom stereocenters. The number of aromatic nitrogens is 1. The number of benzene rings is 3. The van der Waals surface area contributed by atoms with Crippen LogP contribution in [0.2, 0.25) is 5.02 Å². The molecule has 1 aliphatic heterocycles. The zero-order chi connectivity index (χ0) is 23.7. The highest BCUT2D eigenvalue weighted by molar-refractivity contribution is 7.99. The number of sulfonamides is 1. The second kappa shape index (κ2) is 9.32. The molecule has 174 valence electrons. The fourth-order valence-electron chi connectivity index (χ4n) is 3.84. The van der Waals surface area contributed by atoms with Crippen molar-refractivity contribution in [3.63, 3.8) is 0 Å². The Morgan fingerprint density at radius 1 is 1.12 bits per heavy atom. The highest BCUT2D eigenvalue weighted by Gasteiger charge is 2.23. The fourth-order valence-corrected chi connectivity index (χ4v) is 5.76. The summed E-state index contributed by atoms with van der Waals surface area (Å²) in [6.07, 6.45) is 1.90. The number of anilines is 2. The normalized spacial score (nSPS) is 13.6. The minimum absolute atomic E-state index is 0.0187. The Balaban J connectivity index is 1.29. The van der Waals surface area contributed by atoms with Gasteiger partial charge in [-0.1, -0.05) is 41.6 Å². The average Bonchev–Trinajstić information content (AvgIpc) is 3.26. The number of aryl methyl sites for hydroxylation is 1. The molecule has 0 radical (unpaired) electrons. The third-order valence-corrected chi connectivity index (χ3v) is 7.92. The molecule has 10 heteroatoms. The second-order valence-electron chi connectivity index (χ2n) is 7.79. The number of nitrogens with one attached hydrogen (secondary N) is 1. The summed E-state index contributed by atoms with van der Waals surface area (Å²) in [5.41, 5.74) is 3.38. The summed E-state index contributed by atoms with van der Waals surface area (Å²) in [7, 11) is -3.82. The number of hydrogen-bond donors (Lipinski definition) is 1. The molecule has 0 spiro atoms. The smallest absolute Gasteiger partial charge is 0.261 e. The summed E-state index contributed by atoms with van der Waals surface area (Å²) in [6.45, 7) is 0.686. The van der Waals surface area contributed by atoms with Crippen molar-refractivity contribution in [3.05, 3.63) is 77.3 Å². The zero-order valence-corrected chi connectivity index (χ0v) is 20.3. The summed E-state index contributed by atoms with van der Waals surface area (Å²) >= 11 is 7.05. The van der Waals surface area contributed by atoms with Crippen molar-refractivity contribution >= 4 is 61.8 Å². The number of rotatable bonds is 6. The maximum atomic E-state index is 12.9. The average molecular weight is 514 g/mol. The van der Waals surface area contributed by atoms with Gasteiger partial charge >= 0.3 is 0 Å². The molecular formula is C24H20ClN3O4S2. The van der Waals surface area contributed by atoms with Crippen LogP contribution >= 0.6 is 23.4 Å². The van der Waals surface area contributed by atoms with Gasteiger partial charge in [-0.15, -0.1) is 0 Å². The SMILES string of the molecule is O=C(CSc1nc2cc(S(=O)(=O)Nc3ccc(Cl)cc3)ccc2o1)N1CCCc2ccccc21. The summed E-state index contributed by atoms with van der Waals surface area (Å²) in [5, 5.41) is 0.828. The molecule has 0 aliphatic carbocycles. The molecule has 2 heterocycles. The lowest BCUT2D eigenvalue weighted by molar-refractivity contribution is -0.116. The highest BCUT2D eigenvalue weighted by Crippen LogP contribution is 2.30. The van der Waals surface area contributed by atoms with Crippen LogP contribution in [0.3, 0.4) is 0 Å². The number of nitrogens with zero attached hydrogens (tertiary/aromatic N) is 2. The first-order valence-electron chi connectivity index (χ1n) is 10.6. The van der Waals surface area contributed by atoms with Gasteiger partial charge in [0.1, 0.15) is 5.52 Å². The Labute approximate surface area is 206 Å². The molecule has 1 N–H and O–H groups in total. The molecule has 7 nitrogen and oxygen atoms in total. The number of amides is 1. The topological polar surface area (TPSA) is 92.5 Å². The van der Waals surface area contributed by atoms with Gasteiger partial charge in [-0.05, 0) is 66.9 Å². The quantitative estimate of drug-likeness (QED) is 0.349. The number of para-hydroxylation sites is 1. The van der Waals surface area contributed by atoms with E-state index in [-0.39, 0.29) is 16.6 Å². The molecule has 1 amide bonds. The molecule has 1 aliphatic rings. The van der Waals surface area contributed by atoms with Gasteiger partial charge in [-0.2, -0.15) is 0 Å². The predicted octanol–water partition coefficient (Wildman–Crippen LogP) is 5.35. The van der Waals surface area contributed by atoms with E-state index in [1.165, 1.54) is 29.5 Å². The number of carbonyl (C=O) groups excluding carboxylic acids is 1. The van der Waals surface area contributed by atoms with Crippen LogP contribution in [-0.2, 0) is 21.2 Å². The molecule has 0 fully saturated rings. The van der Waals surface area contributed by atoms with Crippen molar-refractivity contribution in [2.45, 2.75) is 23.0 Å². The molecule has 0 saturated carbocycles. The Bertz CT molecular complexity index is 1470. The van der Waals surface area contributed by atoms with Crippen molar-refractivity contribution < 1.29 is 17.6 Å². The lowest BCUT2D eigenvalue weighted by Gasteiger charge is -2.29. The van der Waals surface area contributed by atoms with Crippen LogP contribution in [0.1, 0.15) is 12.0 Å². The fraction of sp³-hybridized carbons (Fsp3) is 0.167. The maximum Gasteiger partial charge on any atom is 0.261 e. The van der Waals surface area contributed by atoms with Gasteiger partial charge in [0.15, 0.2) is 5.58 Å². The number of oxazole rings is 1. The number of thioether (sulfide) groups is 1. The molecule has 5 rings (SSSR count). The first-order valence-corrected chi connectivity index (χ1v) is 13.4. The molecule has 34 heavy (non-hydrogen) atoms. The van der Waals surface area contributed by atoms with Gasteiger partial charge in [0, 0.05) is 22.9 Å². The molecule has 4 aromatic rings. The number of fused-ring (bicyclic) bond motifs is 2. The largest absolute Gasteiger partial charge is 0.431 e. The van der Waals surface area contributed by atoms with Gasteiger partial charge in [-0.25, -0.2) is 13.4 Å². The van der Waals surface area contributed by atoms with E-state index in [2.05, 4.69) is 15.8 Å². The van der Waals surface area contributed by atoms with E-state index in [1.807, 2.05) is 23.1 Å². The Hall–Kier alpha value is -3.01. The van der Waals surface area contributed by atoms with E-state index >= 15 is 0 Å². The van der Waals surface area contributed by atoms with Crippen molar-refractivity contribution in [1.29, 1.82) is 0 Å². The van der Waals surface area contributed by atoms with Crippen LogP contribution in [0.5, 0.6) is 0 Å². The van der Waals surface area contributed by atoms with Crippen LogP contribution in [0.25, 0.3) is 11.1 Å². The third kappa shape index (κ3) is 4.77. The van der Waals surface area contributed by atoms with E-state index < -0.39 is 10.0 Å². The van der Waals surface area contributed by atoms with Crippen molar-refractivity contribution in [3.8, 4) is 0 Å². The Kier molecular flexibility index (Phi) is 6.24. The third-order valence-electron chi connectivity index (χ3n) is 5.48. The Morgan fingerprint density at radius 3 is 2.74 bits per heavy atom. The first kappa shape index (κ1) is 22.8. The van der Waals surface area contributed by atoms with Gasteiger partial charge < -0.3 is 9.32 Å². The van der Waals surface area contributed by atoms with Crippen LogP contribution in [0.15, 0.2) is 81.3 Å². The van der Waals surface area contributed by atoms with Crippen LogP contribution in [0, 0.1) is 0 Å². The number of hydrogen-bond acceptors (Lipinski definition) is 6. The minimum Gasteiger partial charge on any atom is -0.431 e. The molecule has 0 unspecified atom stereocenters. The van der Waals surface area contributed by atoms with E-state index in [0.717, 1.165) is 18.5 Å². The van der Waals surface area contributed by atoms with E-state index in [0.29, 0.717) is 33.6 Å². The lowest BCUT2D eigenvalue weighted by Crippen LogP contribution is -2.36. The molecule has 3 aromatic carbocycles. The van der Waals surface area contributed by atoms with E-state index in [9.17, 15) is 13.2 Å². The van der Waals surface area contributed by atoms with E-state index in [4.69, 9.17) is 16.0 Å². The Morgan fingerprint density at radius 2 is 1.91 bits per heavy atom. The molecule has 1 aromatic heterocycles. The predicted molar refractivity (Wildman–Crippen MR) is 134 cm³/mol. The van der Waals surface area contributed by atoms with Crippen LogP contribution in [0.4, 0.5) is 11.4 Å². The van der Waals surface area contributed by atoms with Gasteiger partial charge in [0.2, 0.25) is 5.91 Å². The summed E-state index contributed by atoms with van der Waals surface area (Å²) < 4.78 is 33.8. The van der Waals surface area contributed by atoms with Crippen molar-refractivity contribution in [1.82, 2.24) is 4.98 Å². The monoisotopic (exact) mass is 513 g/mol.